The zero-order valence-corrected chi connectivity index (χ0v) is 13.5. The van der Waals surface area contributed by atoms with Crippen LogP contribution >= 0.6 is 0 Å². The van der Waals surface area contributed by atoms with E-state index in [9.17, 15) is 28.6 Å². The lowest BCUT2D eigenvalue weighted by Gasteiger charge is -2.27. The van der Waals surface area contributed by atoms with Gasteiger partial charge in [-0.05, 0) is 38.5 Å². The van der Waals surface area contributed by atoms with Gasteiger partial charge in [-0.2, -0.15) is 0 Å². The summed E-state index contributed by atoms with van der Waals surface area (Å²) in [5.41, 5.74) is -2.66. The van der Waals surface area contributed by atoms with Gasteiger partial charge in [0.05, 0.1) is 6.54 Å². The number of benzene rings is 1. The number of hydrogen-bond acceptors (Lipinski definition) is 4. The Morgan fingerprint density at radius 3 is 2.42 bits per heavy atom. The Bertz CT molecular complexity index is 673. The number of β-amino-alcohol motifs (C(OH)–C–C–N with tert-alkyl or cyclic N) is 1. The third-order valence-electron chi connectivity index (χ3n) is 3.71. The summed E-state index contributed by atoms with van der Waals surface area (Å²) in [4.78, 5) is 24.5. The van der Waals surface area contributed by atoms with E-state index in [1.54, 1.807) is 20.8 Å². The molecule has 8 heteroatoms. The molecule has 0 aromatic heterocycles. The number of carbonyl (C=O) groups is 2. The summed E-state index contributed by atoms with van der Waals surface area (Å²) in [5, 5.41) is 20.0. The van der Waals surface area contributed by atoms with Gasteiger partial charge in [-0.1, -0.05) is 6.07 Å². The highest BCUT2D eigenvalue weighted by Crippen LogP contribution is 2.37. The molecule has 1 saturated heterocycles. The van der Waals surface area contributed by atoms with Crippen LogP contribution < -0.4 is 0 Å². The molecule has 2 rings (SSSR count). The monoisotopic (exact) mass is 343 g/mol. The molecule has 1 aromatic rings. The summed E-state index contributed by atoms with van der Waals surface area (Å²) in [6.07, 6.45) is -1.25. The predicted molar refractivity (Wildman–Crippen MR) is 79.2 cm³/mol. The summed E-state index contributed by atoms with van der Waals surface area (Å²) in [6, 6.07) is 1.47. The third kappa shape index (κ3) is 3.64. The summed E-state index contributed by atoms with van der Waals surface area (Å²) in [6.45, 7) is 4.47. The number of ether oxygens (including phenoxy) is 1. The lowest BCUT2D eigenvalue weighted by atomic mass is 9.91. The second kappa shape index (κ2) is 6.01. The molecule has 6 nitrogen and oxygen atoms in total. The molecule has 1 aromatic carbocycles. The van der Waals surface area contributed by atoms with Crippen molar-refractivity contribution in [3.63, 3.8) is 0 Å². The fourth-order valence-electron chi connectivity index (χ4n) is 2.61. The Morgan fingerprint density at radius 2 is 1.92 bits per heavy atom. The molecule has 1 aliphatic rings. The lowest BCUT2D eigenvalue weighted by Crippen LogP contribution is -2.43. The van der Waals surface area contributed by atoms with Gasteiger partial charge < -0.3 is 14.9 Å². The van der Waals surface area contributed by atoms with Gasteiger partial charge in [0, 0.05) is 6.42 Å². The molecule has 1 aliphatic heterocycles. The first-order chi connectivity index (χ1) is 10.9. The van der Waals surface area contributed by atoms with Crippen LogP contribution in [0.1, 0.15) is 32.8 Å². The molecule has 0 radical (unpaired) electrons. The van der Waals surface area contributed by atoms with Crippen molar-refractivity contribution < 1.29 is 33.3 Å². The first-order valence-corrected chi connectivity index (χ1v) is 7.33. The SMILES string of the molecule is CC(C)(C)OC(=O)N1C[C@](O)(c2ccc(F)c(F)c2)C[C@H]1C(=O)O. The first-order valence-electron chi connectivity index (χ1n) is 7.33. The smallest absolute Gasteiger partial charge is 0.411 e. The van der Waals surface area contributed by atoms with E-state index in [1.165, 1.54) is 0 Å². The largest absolute Gasteiger partial charge is 0.480 e. The van der Waals surface area contributed by atoms with Crippen molar-refractivity contribution >= 4 is 12.1 Å². The van der Waals surface area contributed by atoms with Crippen molar-refractivity contribution in [2.24, 2.45) is 0 Å². The van der Waals surface area contributed by atoms with E-state index in [-0.39, 0.29) is 12.0 Å². The summed E-state index contributed by atoms with van der Waals surface area (Å²) in [5.74, 6) is -3.57. The molecule has 0 aliphatic carbocycles. The molecular weight excluding hydrogens is 324 g/mol. The van der Waals surface area contributed by atoms with Crippen molar-refractivity contribution in [1.29, 1.82) is 0 Å². The van der Waals surface area contributed by atoms with Gasteiger partial charge in [0.1, 0.15) is 17.2 Å². The molecular formula is C16H19F2NO5. The molecule has 2 atom stereocenters. The maximum Gasteiger partial charge on any atom is 0.411 e. The van der Waals surface area contributed by atoms with Crippen LogP contribution in [0.3, 0.4) is 0 Å². The van der Waals surface area contributed by atoms with E-state index in [0.29, 0.717) is 0 Å². The zero-order chi connectivity index (χ0) is 18.3. The number of nitrogens with zero attached hydrogens (tertiary/aromatic N) is 1. The summed E-state index contributed by atoms with van der Waals surface area (Å²) < 4.78 is 31.7. The normalized spacial score (nSPS) is 24.1. The van der Waals surface area contributed by atoms with Crippen LogP contribution in [0.15, 0.2) is 18.2 Å². The van der Waals surface area contributed by atoms with Gasteiger partial charge in [0.15, 0.2) is 11.6 Å². The molecule has 1 fully saturated rings. The fraction of sp³-hybridized carbons (Fsp3) is 0.500. The zero-order valence-electron chi connectivity index (χ0n) is 13.5. The lowest BCUT2D eigenvalue weighted by molar-refractivity contribution is -0.142. The Hall–Kier alpha value is -2.22. The second-order valence-corrected chi connectivity index (χ2v) is 6.83. The number of carboxylic acids is 1. The number of carboxylic acid groups (broad SMARTS) is 1. The van der Waals surface area contributed by atoms with Crippen LogP contribution in [0.4, 0.5) is 13.6 Å². The Labute approximate surface area is 137 Å². The number of aliphatic hydroxyl groups is 1. The van der Waals surface area contributed by atoms with Crippen molar-refractivity contribution in [3.8, 4) is 0 Å². The van der Waals surface area contributed by atoms with Crippen LogP contribution in [0.5, 0.6) is 0 Å². The number of likely N-dealkylation sites (tertiary alicyclic amines) is 1. The summed E-state index contributed by atoms with van der Waals surface area (Å²) in [7, 11) is 0. The van der Waals surface area contributed by atoms with Crippen molar-refractivity contribution in [2.75, 3.05) is 6.54 Å². The molecule has 24 heavy (non-hydrogen) atoms. The van der Waals surface area contributed by atoms with Crippen molar-refractivity contribution in [1.82, 2.24) is 4.90 Å². The number of hydrogen-bond donors (Lipinski definition) is 2. The predicted octanol–water partition coefficient (Wildman–Crippen LogP) is 2.25. The van der Waals surface area contributed by atoms with Crippen LogP contribution in [-0.4, -0.2) is 45.4 Å². The van der Waals surface area contributed by atoms with E-state index in [1.807, 2.05) is 0 Å². The summed E-state index contributed by atoms with van der Waals surface area (Å²) >= 11 is 0. The van der Waals surface area contributed by atoms with E-state index in [2.05, 4.69) is 0 Å². The topological polar surface area (TPSA) is 87.1 Å². The van der Waals surface area contributed by atoms with E-state index in [4.69, 9.17) is 4.74 Å². The fourth-order valence-corrected chi connectivity index (χ4v) is 2.61. The van der Waals surface area contributed by atoms with Crippen LogP contribution in [-0.2, 0) is 15.1 Å². The van der Waals surface area contributed by atoms with Gasteiger partial charge in [-0.25, -0.2) is 18.4 Å². The number of amides is 1. The van der Waals surface area contributed by atoms with Crippen LogP contribution in [0, 0.1) is 11.6 Å². The number of halogens is 2. The third-order valence-corrected chi connectivity index (χ3v) is 3.71. The van der Waals surface area contributed by atoms with Crippen LogP contribution in [0.25, 0.3) is 0 Å². The molecule has 0 bridgehead atoms. The van der Waals surface area contributed by atoms with Crippen molar-refractivity contribution in [2.45, 2.75) is 44.4 Å². The van der Waals surface area contributed by atoms with Crippen molar-refractivity contribution in [3.05, 3.63) is 35.4 Å². The molecule has 0 saturated carbocycles. The van der Waals surface area contributed by atoms with Gasteiger partial charge in [0.2, 0.25) is 0 Å². The minimum absolute atomic E-state index is 0.00120. The number of carbonyl (C=O) groups excluding carboxylic acids is 1. The molecule has 1 amide bonds. The Morgan fingerprint density at radius 1 is 1.29 bits per heavy atom. The standard InChI is InChI=1S/C16H19F2NO5/c1-15(2,3)24-14(22)19-8-16(23,7-12(19)13(20)21)9-4-5-10(17)11(18)6-9/h4-6,12,23H,7-8H2,1-3H3,(H,20,21)/t12-,16-/m0/s1. The highest BCUT2D eigenvalue weighted by molar-refractivity contribution is 5.81. The molecule has 0 spiro atoms. The van der Waals surface area contributed by atoms with E-state index >= 15 is 0 Å². The van der Waals surface area contributed by atoms with Crippen LogP contribution in [0.2, 0.25) is 0 Å². The molecule has 132 valence electrons. The maximum atomic E-state index is 13.4. The van der Waals surface area contributed by atoms with E-state index < -0.39 is 47.5 Å². The van der Waals surface area contributed by atoms with Gasteiger partial charge in [-0.3, -0.25) is 4.90 Å². The number of rotatable bonds is 2. The minimum atomic E-state index is -1.81. The Kier molecular flexibility index (Phi) is 4.54. The molecule has 0 unspecified atom stereocenters. The number of aliphatic carboxylic acids is 1. The van der Waals surface area contributed by atoms with Gasteiger partial charge in [-0.15, -0.1) is 0 Å². The maximum absolute atomic E-state index is 13.4. The van der Waals surface area contributed by atoms with E-state index in [0.717, 1.165) is 23.1 Å². The van der Waals surface area contributed by atoms with Gasteiger partial charge >= 0.3 is 12.1 Å². The minimum Gasteiger partial charge on any atom is -0.480 e. The second-order valence-electron chi connectivity index (χ2n) is 6.83. The Balaban J connectivity index is 2.33. The average molecular weight is 343 g/mol. The highest BCUT2D eigenvalue weighted by atomic mass is 19.2. The van der Waals surface area contributed by atoms with Gasteiger partial charge in [0.25, 0.3) is 0 Å². The average Bonchev–Trinajstić information content (AvgIpc) is 2.80. The quantitative estimate of drug-likeness (QED) is 0.860. The first kappa shape index (κ1) is 18.1. The molecule has 2 N–H and O–H groups in total. The molecule has 1 heterocycles. The highest BCUT2D eigenvalue weighted by Gasteiger charge is 2.50.